The lowest BCUT2D eigenvalue weighted by Gasteiger charge is -2.29. The second-order valence-corrected chi connectivity index (χ2v) is 6.44. The molecule has 0 spiro atoms. The minimum Gasteiger partial charge on any atom is -0.378 e. The minimum absolute atomic E-state index is 0.175. The number of rotatable bonds is 3. The fraction of sp³-hybridized carbons (Fsp3) is 0.600. The SMILES string of the molecule is CCO[C@H]1C[C@H]2CNC[C@@]2(c2ccc(Cl)c(Cl)c2)C1. The number of benzene rings is 1. The highest BCUT2D eigenvalue weighted by atomic mass is 35.5. The minimum atomic E-state index is 0.175. The van der Waals surface area contributed by atoms with Gasteiger partial charge in [-0.15, -0.1) is 0 Å². The van der Waals surface area contributed by atoms with Gasteiger partial charge in [-0.3, -0.25) is 0 Å². The summed E-state index contributed by atoms with van der Waals surface area (Å²) in [6, 6.07) is 6.08. The second-order valence-electron chi connectivity index (χ2n) is 5.63. The van der Waals surface area contributed by atoms with E-state index >= 15 is 0 Å². The molecule has 0 unspecified atom stereocenters. The molecule has 1 aromatic rings. The maximum atomic E-state index is 6.19. The van der Waals surface area contributed by atoms with Gasteiger partial charge in [0, 0.05) is 18.6 Å². The Morgan fingerprint density at radius 3 is 2.95 bits per heavy atom. The summed E-state index contributed by atoms with van der Waals surface area (Å²) in [6.07, 6.45) is 2.60. The summed E-state index contributed by atoms with van der Waals surface area (Å²) in [5.74, 6) is 0.640. The molecule has 1 aromatic carbocycles. The van der Waals surface area contributed by atoms with Crippen LogP contribution in [0.4, 0.5) is 0 Å². The lowest BCUT2D eigenvalue weighted by molar-refractivity contribution is 0.0613. The Morgan fingerprint density at radius 1 is 1.37 bits per heavy atom. The maximum Gasteiger partial charge on any atom is 0.0595 e. The molecular weight excluding hydrogens is 281 g/mol. The van der Waals surface area contributed by atoms with Gasteiger partial charge in [-0.2, -0.15) is 0 Å². The van der Waals surface area contributed by atoms with Gasteiger partial charge in [0.15, 0.2) is 0 Å². The molecule has 0 radical (unpaired) electrons. The molecule has 1 saturated carbocycles. The lowest BCUT2D eigenvalue weighted by atomic mass is 9.74. The third-order valence-corrected chi connectivity index (χ3v) is 5.39. The smallest absolute Gasteiger partial charge is 0.0595 e. The molecule has 0 amide bonds. The fourth-order valence-corrected chi connectivity index (χ4v) is 4.09. The summed E-state index contributed by atoms with van der Waals surface area (Å²) in [5.41, 5.74) is 1.48. The monoisotopic (exact) mass is 299 g/mol. The standard InChI is InChI=1S/C15H19Cl2NO/c1-2-19-12-5-11-8-18-9-15(11,7-12)10-3-4-13(16)14(17)6-10/h3-4,6,11-12,18H,2,5,7-9H2,1H3/t11-,12-,15+/m0/s1. The molecule has 1 heterocycles. The van der Waals surface area contributed by atoms with Crippen molar-refractivity contribution in [2.75, 3.05) is 19.7 Å². The number of halogens is 2. The molecule has 19 heavy (non-hydrogen) atoms. The molecule has 3 atom stereocenters. The number of fused-ring (bicyclic) bond motifs is 1. The molecule has 1 aliphatic heterocycles. The molecule has 2 fully saturated rings. The van der Waals surface area contributed by atoms with Crippen molar-refractivity contribution in [2.24, 2.45) is 5.92 Å². The van der Waals surface area contributed by atoms with Crippen LogP contribution >= 0.6 is 23.2 Å². The van der Waals surface area contributed by atoms with E-state index in [-0.39, 0.29) is 5.41 Å². The van der Waals surface area contributed by atoms with Crippen LogP contribution in [0.3, 0.4) is 0 Å². The summed E-state index contributed by atoms with van der Waals surface area (Å²) < 4.78 is 5.85. The Balaban J connectivity index is 1.93. The summed E-state index contributed by atoms with van der Waals surface area (Å²) in [5, 5.41) is 4.81. The van der Waals surface area contributed by atoms with Crippen LogP contribution < -0.4 is 5.32 Å². The van der Waals surface area contributed by atoms with Gasteiger partial charge in [-0.05, 0) is 49.9 Å². The highest BCUT2D eigenvalue weighted by molar-refractivity contribution is 6.42. The number of hydrogen-bond acceptors (Lipinski definition) is 2. The average Bonchev–Trinajstić information content (AvgIpc) is 2.90. The van der Waals surface area contributed by atoms with Gasteiger partial charge in [-0.25, -0.2) is 0 Å². The molecule has 2 nitrogen and oxygen atoms in total. The zero-order valence-electron chi connectivity index (χ0n) is 11.1. The van der Waals surface area contributed by atoms with Gasteiger partial charge in [0.25, 0.3) is 0 Å². The third-order valence-electron chi connectivity index (χ3n) is 4.65. The second kappa shape index (κ2) is 5.25. The van der Waals surface area contributed by atoms with E-state index < -0.39 is 0 Å². The van der Waals surface area contributed by atoms with Crippen LogP contribution in [0, 0.1) is 5.92 Å². The third kappa shape index (κ3) is 2.29. The van der Waals surface area contributed by atoms with E-state index in [0.29, 0.717) is 22.1 Å². The first-order valence-electron chi connectivity index (χ1n) is 6.93. The van der Waals surface area contributed by atoms with Gasteiger partial charge >= 0.3 is 0 Å². The molecule has 1 saturated heterocycles. The quantitative estimate of drug-likeness (QED) is 0.920. The number of ether oxygens (including phenoxy) is 1. The highest BCUT2D eigenvalue weighted by Crippen LogP contribution is 2.49. The molecule has 1 aliphatic carbocycles. The van der Waals surface area contributed by atoms with Gasteiger partial charge in [0.1, 0.15) is 0 Å². The van der Waals surface area contributed by atoms with E-state index in [0.717, 1.165) is 32.5 Å². The zero-order chi connectivity index (χ0) is 13.5. The first kappa shape index (κ1) is 13.7. The van der Waals surface area contributed by atoms with E-state index in [2.05, 4.69) is 18.3 Å². The lowest BCUT2D eigenvalue weighted by Crippen LogP contribution is -2.31. The van der Waals surface area contributed by atoms with E-state index in [1.54, 1.807) is 0 Å². The Kier molecular flexibility index (Phi) is 3.78. The Hall–Kier alpha value is -0.280. The van der Waals surface area contributed by atoms with Crippen molar-refractivity contribution in [3.05, 3.63) is 33.8 Å². The van der Waals surface area contributed by atoms with Gasteiger partial charge in [0.05, 0.1) is 16.1 Å². The van der Waals surface area contributed by atoms with Crippen molar-refractivity contribution in [3.8, 4) is 0 Å². The van der Waals surface area contributed by atoms with Crippen molar-refractivity contribution in [3.63, 3.8) is 0 Å². The van der Waals surface area contributed by atoms with E-state index in [9.17, 15) is 0 Å². The van der Waals surface area contributed by atoms with Crippen molar-refractivity contribution in [1.29, 1.82) is 0 Å². The van der Waals surface area contributed by atoms with E-state index in [1.165, 1.54) is 5.56 Å². The predicted molar refractivity (Wildman–Crippen MR) is 79.1 cm³/mol. The van der Waals surface area contributed by atoms with Crippen LogP contribution in [0.25, 0.3) is 0 Å². The maximum absolute atomic E-state index is 6.19. The van der Waals surface area contributed by atoms with Gasteiger partial charge in [-0.1, -0.05) is 29.3 Å². The van der Waals surface area contributed by atoms with Crippen molar-refractivity contribution < 1.29 is 4.74 Å². The molecule has 1 N–H and O–H groups in total. The van der Waals surface area contributed by atoms with Gasteiger partial charge < -0.3 is 10.1 Å². The highest BCUT2D eigenvalue weighted by Gasteiger charge is 2.51. The molecule has 3 rings (SSSR count). The Bertz CT molecular complexity index is 479. The largest absolute Gasteiger partial charge is 0.378 e. The molecule has 4 heteroatoms. The van der Waals surface area contributed by atoms with Crippen LogP contribution in [-0.4, -0.2) is 25.8 Å². The van der Waals surface area contributed by atoms with Crippen LogP contribution in [-0.2, 0) is 10.2 Å². The van der Waals surface area contributed by atoms with E-state index in [1.807, 2.05) is 12.1 Å². The fourth-order valence-electron chi connectivity index (χ4n) is 3.79. The van der Waals surface area contributed by atoms with Crippen LogP contribution in [0.2, 0.25) is 10.0 Å². The molecule has 0 aromatic heterocycles. The number of hydrogen-bond donors (Lipinski definition) is 1. The normalized spacial score (nSPS) is 33.6. The van der Waals surface area contributed by atoms with Crippen molar-refractivity contribution >= 4 is 23.2 Å². The average molecular weight is 300 g/mol. The Labute approximate surface area is 124 Å². The molecule has 2 aliphatic rings. The van der Waals surface area contributed by atoms with Crippen LogP contribution in [0.15, 0.2) is 18.2 Å². The summed E-state index contributed by atoms with van der Waals surface area (Å²) in [7, 11) is 0. The van der Waals surface area contributed by atoms with Crippen molar-refractivity contribution in [2.45, 2.75) is 31.3 Å². The summed E-state index contributed by atoms with van der Waals surface area (Å²) in [4.78, 5) is 0. The first-order chi connectivity index (χ1) is 9.15. The molecule has 104 valence electrons. The number of nitrogens with one attached hydrogen (secondary N) is 1. The zero-order valence-corrected chi connectivity index (χ0v) is 12.6. The molecule has 0 bridgehead atoms. The topological polar surface area (TPSA) is 21.3 Å². The van der Waals surface area contributed by atoms with Crippen molar-refractivity contribution in [1.82, 2.24) is 5.32 Å². The van der Waals surface area contributed by atoms with Crippen LogP contribution in [0.5, 0.6) is 0 Å². The van der Waals surface area contributed by atoms with Crippen LogP contribution in [0.1, 0.15) is 25.3 Å². The first-order valence-corrected chi connectivity index (χ1v) is 7.69. The summed E-state index contributed by atoms with van der Waals surface area (Å²) >= 11 is 12.2. The van der Waals surface area contributed by atoms with E-state index in [4.69, 9.17) is 27.9 Å². The Morgan fingerprint density at radius 2 is 2.21 bits per heavy atom. The van der Waals surface area contributed by atoms with Gasteiger partial charge in [0.2, 0.25) is 0 Å². The predicted octanol–water partition coefficient (Wildman–Crippen LogP) is 3.65. The summed E-state index contributed by atoms with van der Waals surface area (Å²) in [6.45, 7) is 4.95. The molecular formula is C15H19Cl2NO.